The molecule has 0 saturated heterocycles. The van der Waals surface area contributed by atoms with E-state index in [2.05, 4.69) is 4.98 Å². The van der Waals surface area contributed by atoms with Crippen LogP contribution in [0.3, 0.4) is 0 Å². The molecular weight excluding hydrogens is 198 g/mol. The van der Waals surface area contributed by atoms with Crippen LogP contribution in [0.1, 0.15) is 5.56 Å². The Balaban J connectivity index is 2.69. The molecule has 0 aliphatic carbocycles. The van der Waals surface area contributed by atoms with Gasteiger partial charge in [0.2, 0.25) is 0 Å². The van der Waals surface area contributed by atoms with Gasteiger partial charge < -0.3 is 10.5 Å². The van der Waals surface area contributed by atoms with E-state index in [-0.39, 0.29) is 5.84 Å². The molecule has 0 spiro atoms. The monoisotopic (exact) mass is 211 g/mol. The van der Waals surface area contributed by atoms with Gasteiger partial charge in [0.25, 0.3) is 0 Å². The number of nitrogens with one attached hydrogen (secondary N) is 1. The second-order valence-corrected chi connectivity index (χ2v) is 3.69. The summed E-state index contributed by atoms with van der Waals surface area (Å²) in [6.45, 7) is 0.665. The van der Waals surface area contributed by atoms with Gasteiger partial charge in [0.1, 0.15) is 10.9 Å². The zero-order chi connectivity index (χ0) is 10.4. The number of nitrogens with two attached hydrogens (primary N) is 1. The predicted octanol–water partition coefficient (Wildman–Crippen LogP) is 1.10. The Hall–Kier alpha value is -1.07. The molecule has 4 nitrogen and oxygen atoms in total. The quantitative estimate of drug-likeness (QED) is 0.331. The number of hydrogen-bond donors (Lipinski definition) is 2. The van der Waals surface area contributed by atoms with Gasteiger partial charge >= 0.3 is 0 Å². The van der Waals surface area contributed by atoms with E-state index in [1.165, 1.54) is 0 Å². The number of nitrogen functional groups attached to an aromatic ring is 1. The van der Waals surface area contributed by atoms with Gasteiger partial charge in [-0.3, -0.25) is 5.41 Å². The van der Waals surface area contributed by atoms with E-state index in [9.17, 15) is 0 Å². The summed E-state index contributed by atoms with van der Waals surface area (Å²) in [6.07, 6.45) is 1.70. The van der Waals surface area contributed by atoms with Crippen LogP contribution >= 0.6 is 11.8 Å². The van der Waals surface area contributed by atoms with E-state index in [4.69, 9.17) is 15.9 Å². The molecule has 0 fully saturated rings. The van der Waals surface area contributed by atoms with Crippen molar-refractivity contribution >= 4 is 17.6 Å². The minimum absolute atomic E-state index is 0.0537. The Kier molecular flexibility index (Phi) is 4.42. The van der Waals surface area contributed by atoms with Crippen LogP contribution in [0.5, 0.6) is 0 Å². The maximum absolute atomic E-state index is 7.35. The SMILES string of the molecule is COCCSc1ncccc1C(=N)N. The number of ether oxygens (including phenoxy) is 1. The molecule has 5 heteroatoms. The standard InChI is InChI=1S/C9H13N3OS/c1-13-5-6-14-9-7(8(10)11)3-2-4-12-9/h2-4H,5-6H2,1H3,(H3,10,11). The number of amidine groups is 1. The summed E-state index contributed by atoms with van der Waals surface area (Å²) in [6, 6.07) is 3.57. The first-order chi connectivity index (χ1) is 6.75. The lowest BCUT2D eigenvalue weighted by Gasteiger charge is -2.05. The Morgan fingerprint density at radius 3 is 3.14 bits per heavy atom. The number of thioether (sulfide) groups is 1. The molecule has 1 heterocycles. The summed E-state index contributed by atoms with van der Waals surface area (Å²) in [7, 11) is 1.66. The number of aromatic nitrogens is 1. The lowest BCUT2D eigenvalue weighted by atomic mass is 10.3. The zero-order valence-electron chi connectivity index (χ0n) is 7.99. The summed E-state index contributed by atoms with van der Waals surface area (Å²) in [4.78, 5) is 4.16. The van der Waals surface area contributed by atoms with Crippen LogP contribution in [0.15, 0.2) is 23.4 Å². The lowest BCUT2D eigenvalue weighted by Crippen LogP contribution is -2.13. The van der Waals surface area contributed by atoms with Crippen LogP contribution in [0, 0.1) is 5.41 Å². The Morgan fingerprint density at radius 2 is 2.50 bits per heavy atom. The summed E-state index contributed by atoms with van der Waals surface area (Å²) in [5.41, 5.74) is 6.11. The van der Waals surface area contributed by atoms with E-state index in [0.29, 0.717) is 12.2 Å². The minimum atomic E-state index is 0.0537. The molecule has 14 heavy (non-hydrogen) atoms. The summed E-state index contributed by atoms with van der Waals surface area (Å²) < 4.78 is 4.93. The van der Waals surface area contributed by atoms with Crippen LogP contribution in [0.25, 0.3) is 0 Å². The first-order valence-electron chi connectivity index (χ1n) is 4.17. The van der Waals surface area contributed by atoms with Gasteiger partial charge in [0, 0.05) is 24.6 Å². The van der Waals surface area contributed by atoms with Crippen LogP contribution < -0.4 is 5.73 Å². The predicted molar refractivity (Wildman–Crippen MR) is 57.9 cm³/mol. The Bertz CT molecular complexity index is 317. The maximum Gasteiger partial charge on any atom is 0.125 e. The highest BCUT2D eigenvalue weighted by Gasteiger charge is 2.05. The number of pyridine rings is 1. The fourth-order valence-corrected chi connectivity index (χ4v) is 1.84. The second kappa shape index (κ2) is 5.62. The molecular formula is C9H13N3OS. The zero-order valence-corrected chi connectivity index (χ0v) is 8.80. The topological polar surface area (TPSA) is 72.0 Å². The Morgan fingerprint density at radius 1 is 1.71 bits per heavy atom. The van der Waals surface area contributed by atoms with Crippen molar-refractivity contribution in [1.82, 2.24) is 4.98 Å². The molecule has 0 aliphatic heterocycles. The summed E-state index contributed by atoms with van der Waals surface area (Å²) in [5.74, 6) is 0.867. The molecule has 0 amide bonds. The van der Waals surface area contributed by atoms with Crippen molar-refractivity contribution in [3.63, 3.8) is 0 Å². The molecule has 0 aromatic carbocycles. The average molecular weight is 211 g/mol. The molecule has 0 atom stereocenters. The van der Waals surface area contributed by atoms with Gasteiger partial charge in [-0.15, -0.1) is 11.8 Å². The fourth-order valence-electron chi connectivity index (χ4n) is 0.932. The van der Waals surface area contributed by atoms with Gasteiger partial charge in [0.05, 0.1) is 6.61 Å². The average Bonchev–Trinajstić information content (AvgIpc) is 2.19. The van der Waals surface area contributed by atoms with Crippen molar-refractivity contribution in [3.8, 4) is 0 Å². The highest BCUT2D eigenvalue weighted by molar-refractivity contribution is 7.99. The highest BCUT2D eigenvalue weighted by atomic mass is 32.2. The van der Waals surface area contributed by atoms with Crippen molar-refractivity contribution in [2.75, 3.05) is 19.5 Å². The van der Waals surface area contributed by atoms with Crippen LogP contribution in [-0.4, -0.2) is 30.3 Å². The van der Waals surface area contributed by atoms with Gasteiger partial charge in [-0.05, 0) is 12.1 Å². The lowest BCUT2D eigenvalue weighted by molar-refractivity contribution is 0.218. The first-order valence-corrected chi connectivity index (χ1v) is 5.15. The van der Waals surface area contributed by atoms with Crippen LogP contribution in [-0.2, 0) is 4.74 Å². The van der Waals surface area contributed by atoms with Crippen molar-refractivity contribution < 1.29 is 4.74 Å². The van der Waals surface area contributed by atoms with Gasteiger partial charge in [0.15, 0.2) is 0 Å². The number of nitrogens with zero attached hydrogens (tertiary/aromatic N) is 1. The molecule has 76 valence electrons. The van der Waals surface area contributed by atoms with Gasteiger partial charge in [-0.1, -0.05) is 0 Å². The summed E-state index contributed by atoms with van der Waals surface area (Å²) >= 11 is 1.54. The molecule has 1 aromatic heterocycles. The molecule has 1 aromatic rings. The highest BCUT2D eigenvalue weighted by Crippen LogP contribution is 2.18. The normalized spacial score (nSPS) is 10.1. The van der Waals surface area contributed by atoms with Crippen LogP contribution in [0.4, 0.5) is 0 Å². The van der Waals surface area contributed by atoms with Crippen molar-refractivity contribution in [3.05, 3.63) is 23.9 Å². The number of hydrogen-bond acceptors (Lipinski definition) is 4. The van der Waals surface area contributed by atoms with E-state index in [1.54, 1.807) is 37.2 Å². The Labute approximate surface area is 87.4 Å². The molecule has 0 saturated carbocycles. The molecule has 1 rings (SSSR count). The molecule has 0 bridgehead atoms. The van der Waals surface area contributed by atoms with Gasteiger partial charge in [-0.25, -0.2) is 4.98 Å². The van der Waals surface area contributed by atoms with Gasteiger partial charge in [-0.2, -0.15) is 0 Å². The fraction of sp³-hybridized carbons (Fsp3) is 0.333. The smallest absolute Gasteiger partial charge is 0.125 e. The van der Waals surface area contributed by atoms with E-state index in [1.807, 2.05) is 0 Å². The second-order valence-electron chi connectivity index (χ2n) is 2.61. The molecule has 0 radical (unpaired) electrons. The number of rotatable bonds is 5. The van der Waals surface area contributed by atoms with E-state index in [0.717, 1.165) is 10.8 Å². The third-order valence-electron chi connectivity index (χ3n) is 1.59. The molecule has 0 aliphatic rings. The third kappa shape index (κ3) is 3.01. The number of methoxy groups -OCH3 is 1. The van der Waals surface area contributed by atoms with E-state index >= 15 is 0 Å². The van der Waals surface area contributed by atoms with Crippen molar-refractivity contribution in [2.24, 2.45) is 5.73 Å². The largest absolute Gasteiger partial charge is 0.384 e. The first kappa shape index (κ1) is 11.0. The van der Waals surface area contributed by atoms with Crippen LogP contribution in [0.2, 0.25) is 0 Å². The van der Waals surface area contributed by atoms with Crippen molar-refractivity contribution in [1.29, 1.82) is 5.41 Å². The van der Waals surface area contributed by atoms with E-state index < -0.39 is 0 Å². The molecule has 0 unspecified atom stereocenters. The summed E-state index contributed by atoms with van der Waals surface area (Å²) in [5, 5.41) is 8.14. The minimum Gasteiger partial charge on any atom is -0.384 e. The van der Waals surface area contributed by atoms with Crippen molar-refractivity contribution in [2.45, 2.75) is 5.03 Å². The maximum atomic E-state index is 7.35. The molecule has 3 N–H and O–H groups in total. The third-order valence-corrected chi connectivity index (χ3v) is 2.56.